The van der Waals surface area contributed by atoms with E-state index in [1.54, 1.807) is 18.9 Å². The lowest BCUT2D eigenvalue weighted by molar-refractivity contribution is -0.129. The van der Waals surface area contributed by atoms with Gasteiger partial charge in [-0.3, -0.25) is 9.59 Å². The molecular formula is C16H24N2O3. The molecule has 5 heteroatoms. The first kappa shape index (κ1) is 17.0. The molecule has 1 aromatic rings. The Bertz CT molecular complexity index is 457. The van der Waals surface area contributed by atoms with Crippen LogP contribution in [0.25, 0.3) is 0 Å². The molecule has 0 saturated carbocycles. The monoisotopic (exact) mass is 292 g/mol. The standard InChI is InChI=1S/C16H24N2O3/c1-4-10-18(13(2)19)11-9-17-16(20)12-14-5-7-15(21-3)8-6-14/h5-8H,4,9-12H2,1-3H3,(H,17,20). The smallest absolute Gasteiger partial charge is 0.224 e. The van der Waals surface area contributed by atoms with Crippen LogP contribution in [0.5, 0.6) is 5.75 Å². The van der Waals surface area contributed by atoms with Crippen LogP contribution in [-0.4, -0.2) is 43.5 Å². The summed E-state index contributed by atoms with van der Waals surface area (Å²) in [6, 6.07) is 7.41. The van der Waals surface area contributed by atoms with E-state index in [9.17, 15) is 9.59 Å². The van der Waals surface area contributed by atoms with Gasteiger partial charge in [0.25, 0.3) is 0 Å². The predicted molar refractivity (Wildman–Crippen MR) is 82.3 cm³/mol. The maximum Gasteiger partial charge on any atom is 0.224 e. The summed E-state index contributed by atoms with van der Waals surface area (Å²) in [5.41, 5.74) is 0.935. The summed E-state index contributed by atoms with van der Waals surface area (Å²) in [4.78, 5) is 24.9. The number of nitrogens with one attached hydrogen (secondary N) is 1. The van der Waals surface area contributed by atoms with E-state index in [1.807, 2.05) is 31.2 Å². The van der Waals surface area contributed by atoms with E-state index >= 15 is 0 Å². The predicted octanol–water partition coefficient (Wildman–Crippen LogP) is 1.61. The third-order valence-corrected chi connectivity index (χ3v) is 3.17. The molecule has 1 N–H and O–H groups in total. The van der Waals surface area contributed by atoms with Gasteiger partial charge >= 0.3 is 0 Å². The summed E-state index contributed by atoms with van der Waals surface area (Å²) in [6.07, 6.45) is 1.25. The van der Waals surface area contributed by atoms with Gasteiger partial charge in [0, 0.05) is 26.6 Å². The Morgan fingerprint density at radius 2 is 1.86 bits per heavy atom. The second-order valence-corrected chi connectivity index (χ2v) is 4.88. The Morgan fingerprint density at radius 3 is 2.38 bits per heavy atom. The van der Waals surface area contributed by atoms with Crippen LogP contribution < -0.4 is 10.1 Å². The highest BCUT2D eigenvalue weighted by Crippen LogP contribution is 2.11. The first-order valence-corrected chi connectivity index (χ1v) is 7.22. The van der Waals surface area contributed by atoms with Gasteiger partial charge in [0.1, 0.15) is 5.75 Å². The highest BCUT2D eigenvalue weighted by atomic mass is 16.5. The summed E-state index contributed by atoms with van der Waals surface area (Å²) in [5.74, 6) is 0.775. The highest BCUT2D eigenvalue weighted by Gasteiger charge is 2.08. The second-order valence-electron chi connectivity index (χ2n) is 4.88. The van der Waals surface area contributed by atoms with E-state index in [-0.39, 0.29) is 11.8 Å². The molecular weight excluding hydrogens is 268 g/mol. The number of amides is 2. The van der Waals surface area contributed by atoms with E-state index < -0.39 is 0 Å². The second kappa shape index (κ2) is 9.00. The van der Waals surface area contributed by atoms with Crippen molar-refractivity contribution in [2.45, 2.75) is 26.7 Å². The molecule has 0 heterocycles. The highest BCUT2D eigenvalue weighted by molar-refractivity contribution is 5.78. The molecule has 0 bridgehead atoms. The summed E-state index contributed by atoms with van der Waals surface area (Å²) in [7, 11) is 1.61. The Labute approximate surface area is 126 Å². The van der Waals surface area contributed by atoms with Crippen LogP contribution in [0, 0.1) is 0 Å². The van der Waals surface area contributed by atoms with Gasteiger partial charge in [-0.1, -0.05) is 19.1 Å². The molecule has 2 amide bonds. The summed E-state index contributed by atoms with van der Waals surface area (Å²) in [6.45, 7) is 5.34. The summed E-state index contributed by atoms with van der Waals surface area (Å²) < 4.78 is 5.07. The van der Waals surface area contributed by atoms with E-state index in [0.717, 1.165) is 24.3 Å². The van der Waals surface area contributed by atoms with Gasteiger partial charge in [-0.05, 0) is 24.1 Å². The molecule has 0 radical (unpaired) electrons. The molecule has 5 nitrogen and oxygen atoms in total. The molecule has 1 rings (SSSR count). The van der Waals surface area contributed by atoms with Crippen LogP contribution in [0.1, 0.15) is 25.8 Å². The fourth-order valence-electron chi connectivity index (χ4n) is 2.02. The number of nitrogens with zero attached hydrogens (tertiary/aromatic N) is 1. The lowest BCUT2D eigenvalue weighted by Gasteiger charge is -2.20. The first-order valence-electron chi connectivity index (χ1n) is 7.22. The Balaban J connectivity index is 2.34. The van der Waals surface area contributed by atoms with Crippen molar-refractivity contribution < 1.29 is 14.3 Å². The van der Waals surface area contributed by atoms with E-state index in [1.165, 1.54) is 0 Å². The van der Waals surface area contributed by atoms with Crippen molar-refractivity contribution in [3.8, 4) is 5.75 Å². The molecule has 0 fully saturated rings. The minimum Gasteiger partial charge on any atom is -0.497 e. The van der Waals surface area contributed by atoms with Gasteiger partial charge in [0.05, 0.1) is 13.5 Å². The molecule has 21 heavy (non-hydrogen) atoms. The van der Waals surface area contributed by atoms with Crippen LogP contribution in [0.15, 0.2) is 24.3 Å². The zero-order chi connectivity index (χ0) is 15.7. The van der Waals surface area contributed by atoms with E-state index in [4.69, 9.17) is 4.74 Å². The average Bonchev–Trinajstić information content (AvgIpc) is 2.47. The van der Waals surface area contributed by atoms with Crippen molar-refractivity contribution in [3.63, 3.8) is 0 Å². The van der Waals surface area contributed by atoms with Crippen LogP contribution in [0.2, 0.25) is 0 Å². The third kappa shape index (κ3) is 6.29. The number of methoxy groups -OCH3 is 1. The SMILES string of the molecule is CCCN(CCNC(=O)Cc1ccc(OC)cc1)C(C)=O. The number of hydrogen-bond donors (Lipinski definition) is 1. The molecule has 0 atom stereocenters. The third-order valence-electron chi connectivity index (χ3n) is 3.17. The number of hydrogen-bond acceptors (Lipinski definition) is 3. The van der Waals surface area contributed by atoms with Gasteiger partial charge in [0.15, 0.2) is 0 Å². The van der Waals surface area contributed by atoms with Crippen LogP contribution in [-0.2, 0) is 16.0 Å². The lowest BCUT2D eigenvalue weighted by Crippen LogP contribution is -2.38. The van der Waals surface area contributed by atoms with Crippen molar-refractivity contribution >= 4 is 11.8 Å². The van der Waals surface area contributed by atoms with Crippen molar-refractivity contribution in [2.24, 2.45) is 0 Å². The minimum atomic E-state index is -0.0415. The number of carbonyl (C=O) groups excluding carboxylic acids is 2. The number of ether oxygens (including phenoxy) is 1. The molecule has 0 saturated heterocycles. The van der Waals surface area contributed by atoms with Gasteiger partial charge in [-0.15, -0.1) is 0 Å². The van der Waals surface area contributed by atoms with E-state index in [2.05, 4.69) is 5.32 Å². The fraction of sp³-hybridized carbons (Fsp3) is 0.500. The minimum absolute atomic E-state index is 0.0415. The van der Waals surface area contributed by atoms with Crippen molar-refractivity contribution in [2.75, 3.05) is 26.7 Å². The summed E-state index contributed by atoms with van der Waals surface area (Å²) in [5, 5.41) is 2.84. The van der Waals surface area contributed by atoms with Gasteiger partial charge < -0.3 is 15.0 Å². The fourth-order valence-corrected chi connectivity index (χ4v) is 2.02. The molecule has 0 aliphatic rings. The molecule has 116 valence electrons. The lowest BCUT2D eigenvalue weighted by atomic mass is 10.1. The largest absolute Gasteiger partial charge is 0.497 e. The number of carbonyl (C=O) groups is 2. The van der Waals surface area contributed by atoms with Crippen LogP contribution in [0.3, 0.4) is 0 Å². The van der Waals surface area contributed by atoms with Crippen molar-refractivity contribution in [1.29, 1.82) is 0 Å². The van der Waals surface area contributed by atoms with Gasteiger partial charge in [-0.2, -0.15) is 0 Å². The molecule has 0 aromatic heterocycles. The van der Waals surface area contributed by atoms with Gasteiger partial charge in [-0.25, -0.2) is 0 Å². The van der Waals surface area contributed by atoms with Crippen LogP contribution in [0.4, 0.5) is 0 Å². The average molecular weight is 292 g/mol. The zero-order valence-corrected chi connectivity index (χ0v) is 13.0. The molecule has 0 aliphatic carbocycles. The van der Waals surface area contributed by atoms with Crippen LogP contribution >= 0.6 is 0 Å². The maximum absolute atomic E-state index is 11.8. The number of rotatable bonds is 8. The number of benzene rings is 1. The molecule has 1 aromatic carbocycles. The Hall–Kier alpha value is -2.04. The first-order chi connectivity index (χ1) is 10.1. The normalized spacial score (nSPS) is 10.0. The summed E-state index contributed by atoms with van der Waals surface area (Å²) >= 11 is 0. The topological polar surface area (TPSA) is 58.6 Å². The van der Waals surface area contributed by atoms with Gasteiger partial charge in [0.2, 0.25) is 11.8 Å². The zero-order valence-electron chi connectivity index (χ0n) is 13.0. The van der Waals surface area contributed by atoms with E-state index in [0.29, 0.717) is 19.5 Å². The molecule has 0 unspecified atom stereocenters. The molecule has 0 aliphatic heterocycles. The Morgan fingerprint density at radius 1 is 1.19 bits per heavy atom. The van der Waals surface area contributed by atoms with Crippen molar-refractivity contribution in [1.82, 2.24) is 10.2 Å². The molecule has 0 spiro atoms. The quantitative estimate of drug-likeness (QED) is 0.792. The maximum atomic E-state index is 11.8. The van der Waals surface area contributed by atoms with Crippen molar-refractivity contribution in [3.05, 3.63) is 29.8 Å². The Kier molecular flexibility index (Phi) is 7.29.